The number of aromatic amines is 1. The van der Waals surface area contributed by atoms with Gasteiger partial charge in [0, 0.05) is 22.2 Å². The number of hydrogen-bond donors (Lipinski definition) is 3. The summed E-state index contributed by atoms with van der Waals surface area (Å²) in [6.07, 6.45) is -1.24. The molecule has 1 aliphatic carbocycles. The van der Waals surface area contributed by atoms with Crippen molar-refractivity contribution in [2.75, 3.05) is 5.32 Å². The molecular formula is C21H16ClF3N6O. The van der Waals surface area contributed by atoms with Crippen molar-refractivity contribution in [3.05, 3.63) is 89.2 Å². The van der Waals surface area contributed by atoms with Gasteiger partial charge in [0.15, 0.2) is 5.54 Å². The molecule has 1 aromatic heterocycles. The molecule has 0 saturated heterocycles. The van der Waals surface area contributed by atoms with Gasteiger partial charge in [-0.1, -0.05) is 54.1 Å². The molecule has 3 aromatic rings. The van der Waals surface area contributed by atoms with E-state index < -0.39 is 23.7 Å². The SMILES string of the molecule is O=C(Nc1ccc(Cl)cc1)NC1(C(F)(F)F)C=CC(c2ccccc2)C=C1c1nn[nH]n1. The summed E-state index contributed by atoms with van der Waals surface area (Å²) >= 11 is 5.81. The van der Waals surface area contributed by atoms with Crippen LogP contribution in [0.3, 0.4) is 0 Å². The first-order chi connectivity index (χ1) is 15.3. The lowest BCUT2D eigenvalue weighted by molar-refractivity contribution is -0.161. The van der Waals surface area contributed by atoms with E-state index in [2.05, 4.69) is 31.3 Å². The highest BCUT2D eigenvalue weighted by atomic mass is 35.5. The molecule has 3 N–H and O–H groups in total. The molecule has 0 saturated carbocycles. The number of anilines is 1. The predicted molar refractivity (Wildman–Crippen MR) is 113 cm³/mol. The minimum atomic E-state index is -4.91. The molecule has 4 rings (SSSR count). The van der Waals surface area contributed by atoms with Gasteiger partial charge >= 0.3 is 12.2 Å². The van der Waals surface area contributed by atoms with Crippen LogP contribution < -0.4 is 10.6 Å². The molecule has 0 fully saturated rings. The number of rotatable bonds is 4. The number of hydrogen-bond acceptors (Lipinski definition) is 4. The van der Waals surface area contributed by atoms with Crippen LogP contribution in [-0.4, -0.2) is 38.4 Å². The third-order valence-corrected chi connectivity index (χ3v) is 5.21. The molecule has 11 heteroatoms. The van der Waals surface area contributed by atoms with Crippen LogP contribution in [0.15, 0.2) is 72.8 Å². The summed E-state index contributed by atoms with van der Waals surface area (Å²) in [4.78, 5) is 12.6. The quantitative estimate of drug-likeness (QED) is 0.491. The van der Waals surface area contributed by atoms with Gasteiger partial charge in [0.25, 0.3) is 0 Å². The molecule has 2 aromatic carbocycles. The van der Waals surface area contributed by atoms with Crippen molar-refractivity contribution < 1.29 is 18.0 Å². The van der Waals surface area contributed by atoms with E-state index in [1.807, 2.05) is 6.07 Å². The topological polar surface area (TPSA) is 95.6 Å². The predicted octanol–water partition coefficient (Wildman–Crippen LogP) is 4.71. The average Bonchev–Trinajstić information content (AvgIpc) is 3.30. The number of carbonyl (C=O) groups is 1. The fourth-order valence-electron chi connectivity index (χ4n) is 3.42. The van der Waals surface area contributed by atoms with Gasteiger partial charge in [-0.15, -0.1) is 10.2 Å². The van der Waals surface area contributed by atoms with Crippen molar-refractivity contribution >= 4 is 28.9 Å². The van der Waals surface area contributed by atoms with Gasteiger partial charge < -0.3 is 10.6 Å². The zero-order chi connectivity index (χ0) is 22.8. The number of aromatic nitrogens is 4. The lowest BCUT2D eigenvalue weighted by Gasteiger charge is -2.38. The first-order valence-electron chi connectivity index (χ1n) is 9.40. The molecule has 7 nitrogen and oxygen atoms in total. The summed E-state index contributed by atoms with van der Waals surface area (Å²) in [5.41, 5.74) is -2.18. The van der Waals surface area contributed by atoms with E-state index in [-0.39, 0.29) is 17.1 Å². The van der Waals surface area contributed by atoms with Crippen molar-refractivity contribution in [3.8, 4) is 0 Å². The molecule has 1 aliphatic rings. The smallest absolute Gasteiger partial charge is 0.316 e. The number of alkyl halides is 3. The number of nitrogens with zero attached hydrogens (tertiary/aromatic N) is 3. The van der Waals surface area contributed by atoms with E-state index in [0.717, 1.165) is 11.6 Å². The number of carbonyl (C=O) groups excluding carboxylic acids is 1. The van der Waals surface area contributed by atoms with E-state index in [9.17, 15) is 18.0 Å². The molecule has 32 heavy (non-hydrogen) atoms. The number of tetrazole rings is 1. The van der Waals surface area contributed by atoms with Crippen LogP contribution in [0.1, 0.15) is 17.3 Å². The van der Waals surface area contributed by atoms with Crippen molar-refractivity contribution in [3.63, 3.8) is 0 Å². The van der Waals surface area contributed by atoms with Crippen molar-refractivity contribution in [1.29, 1.82) is 0 Å². The van der Waals surface area contributed by atoms with Crippen LogP contribution in [0, 0.1) is 0 Å². The number of H-pyrrole nitrogens is 1. The third kappa shape index (κ3) is 4.22. The zero-order valence-electron chi connectivity index (χ0n) is 16.3. The van der Waals surface area contributed by atoms with E-state index in [0.29, 0.717) is 5.02 Å². The van der Waals surface area contributed by atoms with Crippen LogP contribution >= 0.6 is 11.6 Å². The maximum atomic E-state index is 14.5. The standard InChI is InChI=1S/C21H16ClF3N6O/c22-15-6-8-16(9-7-15)26-19(32)27-20(21(23,24)25)11-10-14(13-4-2-1-3-5-13)12-17(20)18-28-30-31-29-18/h1-12,14H,(H2,26,27,32)(H,28,29,30,31). The van der Waals surface area contributed by atoms with Crippen LogP contribution in [-0.2, 0) is 0 Å². The summed E-state index contributed by atoms with van der Waals surface area (Å²) in [5.74, 6) is -0.763. The van der Waals surface area contributed by atoms with Crippen molar-refractivity contribution in [2.24, 2.45) is 0 Å². The van der Waals surface area contributed by atoms with Crippen molar-refractivity contribution in [2.45, 2.75) is 17.6 Å². The highest BCUT2D eigenvalue weighted by Crippen LogP contribution is 2.45. The van der Waals surface area contributed by atoms with E-state index >= 15 is 0 Å². The highest BCUT2D eigenvalue weighted by molar-refractivity contribution is 6.30. The fraction of sp³-hybridized carbons (Fsp3) is 0.143. The number of benzene rings is 2. The monoisotopic (exact) mass is 460 g/mol. The van der Waals surface area contributed by atoms with Gasteiger partial charge in [-0.2, -0.15) is 18.4 Å². The van der Waals surface area contributed by atoms with Gasteiger partial charge in [-0.25, -0.2) is 4.79 Å². The number of halogens is 4. The first kappa shape index (κ1) is 21.6. The van der Waals surface area contributed by atoms with Gasteiger partial charge in [0.1, 0.15) is 0 Å². The Kier molecular flexibility index (Phi) is 5.70. The van der Waals surface area contributed by atoms with Crippen LogP contribution in [0.25, 0.3) is 5.57 Å². The Labute approximate surface area is 185 Å². The average molecular weight is 461 g/mol. The molecule has 0 radical (unpaired) electrons. The van der Waals surface area contributed by atoms with Gasteiger partial charge in [-0.3, -0.25) is 0 Å². The summed E-state index contributed by atoms with van der Waals surface area (Å²) < 4.78 is 43.4. The Hall–Kier alpha value is -3.66. The number of urea groups is 1. The molecule has 0 aliphatic heterocycles. The normalized spacial score (nSPS) is 20.5. The maximum Gasteiger partial charge on any atom is 0.419 e. The zero-order valence-corrected chi connectivity index (χ0v) is 17.0. The second-order valence-corrected chi connectivity index (χ2v) is 7.44. The van der Waals surface area contributed by atoms with E-state index in [1.54, 1.807) is 24.3 Å². The molecule has 0 spiro atoms. The summed E-state index contributed by atoms with van der Waals surface area (Å²) in [6, 6.07) is 13.9. The molecule has 0 bridgehead atoms. The molecule has 2 atom stereocenters. The van der Waals surface area contributed by atoms with Gasteiger partial charge in [0.2, 0.25) is 5.82 Å². The largest absolute Gasteiger partial charge is 0.419 e. The maximum absolute atomic E-state index is 14.5. The van der Waals surface area contributed by atoms with Crippen LogP contribution in [0.2, 0.25) is 5.02 Å². The van der Waals surface area contributed by atoms with Gasteiger partial charge in [0.05, 0.1) is 0 Å². The Bertz CT molecular complexity index is 1150. The van der Waals surface area contributed by atoms with E-state index in [4.69, 9.17) is 11.6 Å². The Morgan fingerprint density at radius 3 is 2.44 bits per heavy atom. The number of nitrogens with one attached hydrogen (secondary N) is 3. The van der Waals surface area contributed by atoms with Gasteiger partial charge in [-0.05, 0) is 41.1 Å². The first-order valence-corrected chi connectivity index (χ1v) is 9.78. The lowest BCUT2D eigenvalue weighted by Crippen LogP contribution is -2.60. The minimum Gasteiger partial charge on any atom is -0.316 e. The summed E-state index contributed by atoms with van der Waals surface area (Å²) in [6.45, 7) is 0. The number of amides is 2. The molecule has 2 amide bonds. The summed E-state index contributed by atoms with van der Waals surface area (Å²) in [5, 5.41) is 17.9. The highest BCUT2D eigenvalue weighted by Gasteiger charge is 2.59. The lowest BCUT2D eigenvalue weighted by atomic mass is 9.78. The number of allylic oxidation sites excluding steroid dienone is 2. The second kappa shape index (κ2) is 8.46. The fourth-order valence-corrected chi connectivity index (χ4v) is 3.54. The molecule has 164 valence electrons. The Morgan fingerprint density at radius 1 is 1.09 bits per heavy atom. The Balaban J connectivity index is 1.73. The Morgan fingerprint density at radius 2 is 1.81 bits per heavy atom. The summed E-state index contributed by atoms with van der Waals surface area (Å²) in [7, 11) is 0. The minimum absolute atomic E-state index is 0.274. The van der Waals surface area contributed by atoms with Crippen molar-refractivity contribution in [1.82, 2.24) is 25.9 Å². The van der Waals surface area contributed by atoms with Crippen LogP contribution in [0.5, 0.6) is 0 Å². The van der Waals surface area contributed by atoms with E-state index in [1.165, 1.54) is 36.4 Å². The molecule has 2 unspecified atom stereocenters. The van der Waals surface area contributed by atoms with Crippen LogP contribution in [0.4, 0.5) is 23.7 Å². The molecule has 1 heterocycles. The third-order valence-electron chi connectivity index (χ3n) is 4.96. The second-order valence-electron chi connectivity index (χ2n) is 7.00. The molecular weight excluding hydrogens is 445 g/mol.